The molecule has 0 spiro atoms. The third-order valence-electron chi connectivity index (χ3n) is 1.57. The van der Waals surface area contributed by atoms with Crippen molar-refractivity contribution in [3.63, 3.8) is 0 Å². The molecule has 5 heteroatoms. The minimum Gasteiger partial charge on any atom is -0.396 e. The highest BCUT2D eigenvalue weighted by molar-refractivity contribution is 4.56. The predicted molar refractivity (Wildman–Crippen MR) is 42.4 cm³/mol. The van der Waals surface area contributed by atoms with Crippen LogP contribution in [0.1, 0.15) is 19.8 Å². The summed E-state index contributed by atoms with van der Waals surface area (Å²) in [5.41, 5.74) is 0. The third kappa shape index (κ3) is 8.05. The lowest BCUT2D eigenvalue weighted by molar-refractivity contribution is -0.177. The molecule has 1 atom stereocenters. The van der Waals surface area contributed by atoms with Crippen LogP contribution in [0.5, 0.6) is 0 Å². The maximum absolute atomic E-state index is 11.6. The smallest absolute Gasteiger partial charge is 0.396 e. The first-order chi connectivity index (χ1) is 5.99. The molecule has 0 fully saturated rings. The molecule has 0 aliphatic rings. The van der Waals surface area contributed by atoms with Gasteiger partial charge in [0.1, 0.15) is 6.61 Å². The molecule has 1 unspecified atom stereocenters. The van der Waals surface area contributed by atoms with Crippen LogP contribution in [0.15, 0.2) is 0 Å². The molecule has 0 radical (unpaired) electrons. The van der Waals surface area contributed by atoms with Gasteiger partial charge < -0.3 is 9.84 Å². The number of halogens is 3. The van der Waals surface area contributed by atoms with Crippen LogP contribution in [-0.4, -0.2) is 31.1 Å². The van der Waals surface area contributed by atoms with E-state index in [9.17, 15) is 13.2 Å². The van der Waals surface area contributed by atoms with Crippen molar-refractivity contribution in [1.29, 1.82) is 0 Å². The van der Waals surface area contributed by atoms with E-state index >= 15 is 0 Å². The van der Waals surface area contributed by atoms with Gasteiger partial charge in [-0.05, 0) is 6.42 Å². The SMILES string of the molecule is CCCC(CO)COCC(F)(F)F. The number of aliphatic hydroxyl groups excluding tert-OH is 1. The highest BCUT2D eigenvalue weighted by Gasteiger charge is 2.27. The third-order valence-corrected chi connectivity index (χ3v) is 1.57. The largest absolute Gasteiger partial charge is 0.411 e. The quantitative estimate of drug-likeness (QED) is 0.710. The molecular weight excluding hydrogens is 185 g/mol. The summed E-state index contributed by atoms with van der Waals surface area (Å²) >= 11 is 0. The Bertz CT molecular complexity index is 125. The van der Waals surface area contributed by atoms with E-state index in [1.807, 2.05) is 6.92 Å². The second-order valence-electron chi connectivity index (χ2n) is 2.97. The molecule has 0 aromatic heterocycles. The van der Waals surface area contributed by atoms with Crippen LogP contribution in [0, 0.1) is 5.92 Å². The molecule has 0 aromatic rings. The first-order valence-corrected chi connectivity index (χ1v) is 4.25. The molecule has 80 valence electrons. The Balaban J connectivity index is 3.49. The first kappa shape index (κ1) is 12.7. The average Bonchev–Trinajstić information content (AvgIpc) is 2.01. The van der Waals surface area contributed by atoms with E-state index in [-0.39, 0.29) is 19.1 Å². The minimum absolute atomic E-state index is 0.0240. The molecule has 0 saturated heterocycles. The fourth-order valence-corrected chi connectivity index (χ4v) is 0.977. The topological polar surface area (TPSA) is 29.5 Å². The molecule has 0 bridgehead atoms. The van der Waals surface area contributed by atoms with Crippen LogP contribution in [0.25, 0.3) is 0 Å². The molecule has 0 amide bonds. The summed E-state index contributed by atoms with van der Waals surface area (Å²) in [6, 6.07) is 0. The van der Waals surface area contributed by atoms with E-state index in [2.05, 4.69) is 4.74 Å². The lowest BCUT2D eigenvalue weighted by Gasteiger charge is -2.14. The van der Waals surface area contributed by atoms with Gasteiger partial charge in [-0.1, -0.05) is 13.3 Å². The average molecular weight is 200 g/mol. The van der Waals surface area contributed by atoms with Gasteiger partial charge in [-0.15, -0.1) is 0 Å². The Kier molecular flexibility index (Phi) is 6.07. The molecule has 0 rings (SSSR count). The van der Waals surface area contributed by atoms with Crippen LogP contribution in [0.4, 0.5) is 13.2 Å². The number of ether oxygens (including phenoxy) is 1. The Morgan fingerprint density at radius 3 is 2.38 bits per heavy atom. The van der Waals surface area contributed by atoms with E-state index in [4.69, 9.17) is 5.11 Å². The zero-order valence-electron chi connectivity index (χ0n) is 7.60. The molecule has 0 saturated carbocycles. The summed E-state index contributed by atoms with van der Waals surface area (Å²) in [5, 5.41) is 8.73. The van der Waals surface area contributed by atoms with Gasteiger partial charge in [0.25, 0.3) is 0 Å². The van der Waals surface area contributed by atoms with Gasteiger partial charge in [-0.2, -0.15) is 13.2 Å². The highest BCUT2D eigenvalue weighted by Crippen LogP contribution is 2.15. The lowest BCUT2D eigenvalue weighted by atomic mass is 10.1. The molecule has 0 heterocycles. The lowest BCUT2D eigenvalue weighted by Crippen LogP contribution is -2.21. The summed E-state index contributed by atoms with van der Waals surface area (Å²) in [5.74, 6) is -0.174. The van der Waals surface area contributed by atoms with E-state index in [1.165, 1.54) is 0 Å². The number of aliphatic hydroxyl groups is 1. The van der Waals surface area contributed by atoms with Crippen molar-refractivity contribution in [2.75, 3.05) is 19.8 Å². The fourth-order valence-electron chi connectivity index (χ4n) is 0.977. The number of rotatable bonds is 6. The van der Waals surface area contributed by atoms with Gasteiger partial charge in [0.05, 0.1) is 6.61 Å². The van der Waals surface area contributed by atoms with Crippen LogP contribution >= 0.6 is 0 Å². The predicted octanol–water partition coefficient (Wildman–Crippen LogP) is 1.97. The molecule has 2 nitrogen and oxygen atoms in total. The van der Waals surface area contributed by atoms with E-state index in [0.29, 0.717) is 6.42 Å². The second kappa shape index (κ2) is 6.21. The van der Waals surface area contributed by atoms with E-state index in [0.717, 1.165) is 6.42 Å². The van der Waals surface area contributed by atoms with Crippen LogP contribution in [0.3, 0.4) is 0 Å². The normalized spacial score (nSPS) is 14.5. The van der Waals surface area contributed by atoms with Crippen LogP contribution in [-0.2, 0) is 4.74 Å². The summed E-state index contributed by atoms with van der Waals surface area (Å²) in [6.07, 6.45) is -2.75. The second-order valence-corrected chi connectivity index (χ2v) is 2.97. The van der Waals surface area contributed by atoms with Crippen LogP contribution < -0.4 is 0 Å². The molecule has 0 aromatic carbocycles. The fraction of sp³-hybridized carbons (Fsp3) is 1.00. The van der Waals surface area contributed by atoms with Crippen molar-refractivity contribution >= 4 is 0 Å². The van der Waals surface area contributed by atoms with Crippen molar-refractivity contribution < 1.29 is 23.0 Å². The molecule has 13 heavy (non-hydrogen) atoms. The highest BCUT2D eigenvalue weighted by atomic mass is 19.4. The Morgan fingerprint density at radius 1 is 1.38 bits per heavy atom. The van der Waals surface area contributed by atoms with Gasteiger partial charge in [-0.3, -0.25) is 0 Å². The molecule has 1 N–H and O–H groups in total. The number of hydrogen-bond donors (Lipinski definition) is 1. The van der Waals surface area contributed by atoms with Crippen molar-refractivity contribution in [3.8, 4) is 0 Å². The van der Waals surface area contributed by atoms with Gasteiger partial charge in [0.2, 0.25) is 0 Å². The monoisotopic (exact) mass is 200 g/mol. The van der Waals surface area contributed by atoms with Gasteiger partial charge in [-0.25, -0.2) is 0 Å². The number of hydrogen-bond acceptors (Lipinski definition) is 2. The Morgan fingerprint density at radius 2 is 2.00 bits per heavy atom. The van der Waals surface area contributed by atoms with E-state index in [1.54, 1.807) is 0 Å². The van der Waals surface area contributed by atoms with Gasteiger partial charge >= 0.3 is 6.18 Å². The molecule has 0 aliphatic heterocycles. The zero-order valence-corrected chi connectivity index (χ0v) is 7.60. The maximum atomic E-state index is 11.6. The van der Waals surface area contributed by atoms with Crippen molar-refractivity contribution in [2.45, 2.75) is 25.9 Å². The van der Waals surface area contributed by atoms with Gasteiger partial charge in [0.15, 0.2) is 0 Å². The molecular formula is C8H15F3O2. The Hall–Kier alpha value is -0.290. The number of alkyl halides is 3. The van der Waals surface area contributed by atoms with E-state index < -0.39 is 12.8 Å². The minimum atomic E-state index is -4.27. The summed E-state index contributed by atoms with van der Waals surface area (Å²) in [7, 11) is 0. The summed E-state index contributed by atoms with van der Waals surface area (Å²) in [4.78, 5) is 0. The van der Waals surface area contributed by atoms with Crippen molar-refractivity contribution in [1.82, 2.24) is 0 Å². The maximum Gasteiger partial charge on any atom is 0.411 e. The van der Waals surface area contributed by atoms with Crippen molar-refractivity contribution in [3.05, 3.63) is 0 Å². The summed E-state index contributed by atoms with van der Waals surface area (Å²) in [6.45, 7) is 0.537. The zero-order chi connectivity index (χ0) is 10.3. The summed E-state index contributed by atoms with van der Waals surface area (Å²) < 4.78 is 39.2. The molecule has 0 aliphatic carbocycles. The first-order valence-electron chi connectivity index (χ1n) is 4.25. The Labute approximate surface area is 75.7 Å². The van der Waals surface area contributed by atoms with Crippen LogP contribution in [0.2, 0.25) is 0 Å². The standard InChI is InChI=1S/C8H15F3O2/c1-2-3-7(4-12)5-13-6-8(9,10)11/h7,12H,2-6H2,1H3. The van der Waals surface area contributed by atoms with Crippen molar-refractivity contribution in [2.24, 2.45) is 5.92 Å². The van der Waals surface area contributed by atoms with Gasteiger partial charge in [0, 0.05) is 12.5 Å².